The van der Waals surface area contributed by atoms with Gasteiger partial charge in [-0.05, 0) is 13.8 Å². The maximum absolute atomic E-state index is 8.06. The molecule has 0 atom stereocenters. The van der Waals surface area contributed by atoms with E-state index in [0.29, 0.717) is 0 Å². The molecule has 1 fully saturated rings. The molecule has 0 aromatic rings. The molecule has 0 aromatic heterocycles. The molecule has 0 radical (unpaired) electrons. The van der Waals surface area contributed by atoms with E-state index in [2.05, 4.69) is 5.32 Å². The molecule has 0 unspecified atom stereocenters. The molecule has 10 heavy (non-hydrogen) atoms. The van der Waals surface area contributed by atoms with Crippen molar-refractivity contribution in [1.29, 1.82) is 0 Å². The van der Waals surface area contributed by atoms with Gasteiger partial charge in [-0.15, -0.1) is 0 Å². The van der Waals surface area contributed by atoms with E-state index < -0.39 is 0 Å². The summed E-state index contributed by atoms with van der Waals surface area (Å²) in [5.74, 6) is 0. The lowest BCUT2D eigenvalue weighted by atomic mass is 10.5. The molecule has 1 heterocycles. The maximum Gasteiger partial charge on any atom is 0.0591 e. The third kappa shape index (κ3) is 10.8. The van der Waals surface area contributed by atoms with E-state index >= 15 is 0 Å². The maximum atomic E-state index is 8.06. The van der Waals surface area contributed by atoms with Crippen LogP contribution in [-0.2, 0) is 4.74 Å². The van der Waals surface area contributed by atoms with E-state index in [9.17, 15) is 0 Å². The predicted molar refractivity (Wildman–Crippen MR) is 41.0 cm³/mol. The van der Waals surface area contributed by atoms with Crippen molar-refractivity contribution in [2.75, 3.05) is 26.3 Å². The Kier molecular flexibility index (Phi) is 6.91. The van der Waals surface area contributed by atoms with E-state index in [-0.39, 0.29) is 6.10 Å². The standard InChI is InChI=1S/C4H9NO.C3H8O/c1-3-6-4-2-5-1;1-3(2)4/h5H,1-4H2;3-4H,1-2H3. The molecule has 0 amide bonds. The Hall–Kier alpha value is -0.120. The molecular formula is C7H17NO2. The summed E-state index contributed by atoms with van der Waals surface area (Å²) in [4.78, 5) is 0. The van der Waals surface area contributed by atoms with Crippen LogP contribution in [0.1, 0.15) is 13.8 Å². The zero-order valence-corrected chi connectivity index (χ0v) is 6.76. The highest BCUT2D eigenvalue weighted by molar-refractivity contribution is 4.49. The average molecular weight is 147 g/mol. The number of nitrogens with one attached hydrogen (secondary N) is 1. The fourth-order valence-electron chi connectivity index (χ4n) is 0.516. The molecule has 0 aliphatic carbocycles. The molecule has 0 spiro atoms. The molecule has 0 aromatic carbocycles. The van der Waals surface area contributed by atoms with E-state index in [1.807, 2.05) is 0 Å². The van der Waals surface area contributed by atoms with E-state index in [1.54, 1.807) is 13.8 Å². The van der Waals surface area contributed by atoms with Crippen LogP contribution in [0, 0.1) is 0 Å². The highest BCUT2D eigenvalue weighted by Crippen LogP contribution is 1.76. The fourth-order valence-corrected chi connectivity index (χ4v) is 0.516. The molecule has 1 aliphatic rings. The Morgan fingerprint density at radius 1 is 1.30 bits per heavy atom. The van der Waals surface area contributed by atoms with Crippen LogP contribution >= 0.6 is 0 Å². The van der Waals surface area contributed by atoms with Crippen molar-refractivity contribution in [3.8, 4) is 0 Å². The summed E-state index contributed by atoms with van der Waals surface area (Å²) in [6, 6.07) is 0. The van der Waals surface area contributed by atoms with Crippen LogP contribution < -0.4 is 5.32 Å². The van der Waals surface area contributed by atoms with Crippen molar-refractivity contribution in [2.45, 2.75) is 20.0 Å². The van der Waals surface area contributed by atoms with Crippen LogP contribution in [0.3, 0.4) is 0 Å². The van der Waals surface area contributed by atoms with Gasteiger partial charge in [0.25, 0.3) is 0 Å². The van der Waals surface area contributed by atoms with Crippen molar-refractivity contribution < 1.29 is 9.84 Å². The van der Waals surface area contributed by atoms with Crippen molar-refractivity contribution in [2.24, 2.45) is 0 Å². The number of hydrogen-bond donors (Lipinski definition) is 2. The van der Waals surface area contributed by atoms with E-state index in [4.69, 9.17) is 9.84 Å². The summed E-state index contributed by atoms with van der Waals surface area (Å²) in [5.41, 5.74) is 0. The number of aliphatic hydroxyl groups is 1. The van der Waals surface area contributed by atoms with Crippen molar-refractivity contribution in [3.63, 3.8) is 0 Å². The normalized spacial score (nSPS) is 18.0. The lowest BCUT2D eigenvalue weighted by molar-refractivity contribution is 0.109. The van der Waals surface area contributed by atoms with Gasteiger partial charge in [0.2, 0.25) is 0 Å². The topological polar surface area (TPSA) is 41.5 Å². The van der Waals surface area contributed by atoms with Gasteiger partial charge in [0.15, 0.2) is 0 Å². The van der Waals surface area contributed by atoms with E-state index in [1.165, 1.54) is 0 Å². The Morgan fingerprint density at radius 3 is 1.80 bits per heavy atom. The second-order valence-electron chi connectivity index (χ2n) is 2.46. The first kappa shape index (κ1) is 9.88. The monoisotopic (exact) mass is 147 g/mol. The van der Waals surface area contributed by atoms with Crippen LogP contribution in [-0.4, -0.2) is 37.5 Å². The van der Waals surface area contributed by atoms with Gasteiger partial charge in [-0.1, -0.05) is 0 Å². The lowest BCUT2D eigenvalue weighted by Crippen LogP contribution is -2.30. The van der Waals surface area contributed by atoms with Crippen LogP contribution in [0.5, 0.6) is 0 Å². The highest BCUT2D eigenvalue weighted by Gasteiger charge is 1.92. The quantitative estimate of drug-likeness (QED) is 0.506. The van der Waals surface area contributed by atoms with Crippen molar-refractivity contribution in [3.05, 3.63) is 0 Å². The third-order valence-corrected chi connectivity index (χ3v) is 0.846. The van der Waals surface area contributed by atoms with Crippen LogP contribution in [0.15, 0.2) is 0 Å². The van der Waals surface area contributed by atoms with Crippen LogP contribution in [0.2, 0.25) is 0 Å². The molecule has 2 N–H and O–H groups in total. The van der Waals surface area contributed by atoms with Crippen molar-refractivity contribution in [1.82, 2.24) is 5.32 Å². The van der Waals surface area contributed by atoms with Gasteiger partial charge < -0.3 is 15.2 Å². The Labute approximate surface area is 62.4 Å². The summed E-state index contributed by atoms with van der Waals surface area (Å²) in [7, 11) is 0. The largest absolute Gasteiger partial charge is 0.394 e. The van der Waals surface area contributed by atoms with Crippen molar-refractivity contribution >= 4 is 0 Å². The first-order chi connectivity index (χ1) is 4.73. The van der Waals surface area contributed by atoms with Gasteiger partial charge in [0.05, 0.1) is 13.2 Å². The van der Waals surface area contributed by atoms with E-state index in [0.717, 1.165) is 26.3 Å². The van der Waals surface area contributed by atoms with Gasteiger partial charge in [-0.25, -0.2) is 0 Å². The first-order valence-electron chi connectivity index (χ1n) is 3.70. The minimum Gasteiger partial charge on any atom is -0.394 e. The number of ether oxygens (including phenoxy) is 1. The molecular weight excluding hydrogens is 130 g/mol. The Morgan fingerprint density at radius 2 is 1.70 bits per heavy atom. The van der Waals surface area contributed by atoms with Gasteiger partial charge in [0.1, 0.15) is 0 Å². The van der Waals surface area contributed by atoms with Crippen LogP contribution in [0.25, 0.3) is 0 Å². The molecule has 0 bridgehead atoms. The summed E-state index contributed by atoms with van der Waals surface area (Å²) in [6.07, 6.45) is -0.167. The summed E-state index contributed by atoms with van der Waals surface area (Å²) >= 11 is 0. The minimum absolute atomic E-state index is 0.167. The number of aliphatic hydroxyl groups excluding tert-OH is 1. The van der Waals surface area contributed by atoms with Crippen LogP contribution in [0.4, 0.5) is 0 Å². The zero-order chi connectivity index (χ0) is 7.82. The summed E-state index contributed by atoms with van der Waals surface area (Å²) in [5, 5.41) is 11.2. The molecule has 1 rings (SSSR count). The minimum atomic E-state index is -0.167. The first-order valence-corrected chi connectivity index (χ1v) is 3.70. The Balaban J connectivity index is 0.000000180. The molecule has 3 nitrogen and oxygen atoms in total. The second kappa shape index (κ2) is 6.99. The second-order valence-corrected chi connectivity index (χ2v) is 2.46. The van der Waals surface area contributed by atoms with Gasteiger partial charge >= 0.3 is 0 Å². The molecule has 1 aliphatic heterocycles. The lowest BCUT2D eigenvalue weighted by Gasteiger charge is -2.10. The molecule has 1 saturated heterocycles. The number of rotatable bonds is 0. The molecule has 62 valence electrons. The SMILES string of the molecule is C1COCCN1.CC(C)O. The van der Waals surface area contributed by atoms with Gasteiger partial charge in [0, 0.05) is 19.2 Å². The summed E-state index contributed by atoms with van der Waals surface area (Å²) < 4.78 is 5.01. The average Bonchev–Trinajstić information content (AvgIpc) is 1.90. The van der Waals surface area contributed by atoms with Gasteiger partial charge in [-0.2, -0.15) is 0 Å². The smallest absolute Gasteiger partial charge is 0.0591 e. The fraction of sp³-hybridized carbons (Fsp3) is 1.00. The number of hydrogen-bond acceptors (Lipinski definition) is 3. The number of morpholine rings is 1. The predicted octanol–water partition coefficient (Wildman–Crippen LogP) is -0.00670. The van der Waals surface area contributed by atoms with Gasteiger partial charge in [-0.3, -0.25) is 0 Å². The summed E-state index contributed by atoms with van der Waals surface area (Å²) in [6.45, 7) is 7.28. The third-order valence-electron chi connectivity index (χ3n) is 0.846. The molecule has 0 saturated carbocycles. The molecule has 3 heteroatoms. The Bertz CT molecular complexity index is 48.4. The highest BCUT2D eigenvalue weighted by atomic mass is 16.5. The zero-order valence-electron chi connectivity index (χ0n) is 6.76.